The Morgan fingerprint density at radius 1 is 0.783 bits per heavy atom. The van der Waals surface area contributed by atoms with E-state index in [0.717, 1.165) is 0 Å². The van der Waals surface area contributed by atoms with Crippen molar-refractivity contribution in [3.63, 3.8) is 0 Å². The molecular weight excluding hydrogens is 366 g/mol. The van der Waals surface area contributed by atoms with Gasteiger partial charge in [-0.15, -0.1) is 11.3 Å². The summed E-state index contributed by atoms with van der Waals surface area (Å²) in [6.45, 7) is 0. The first-order valence-electron chi connectivity index (χ1n) is 6.44. The Morgan fingerprint density at radius 2 is 1.26 bits per heavy atom. The molecule has 0 aliphatic rings. The third-order valence-corrected chi connectivity index (χ3v) is 4.75. The zero-order valence-corrected chi connectivity index (χ0v) is 13.7. The quantitative estimate of drug-likeness (QED) is 0.481. The van der Waals surface area contributed by atoms with E-state index in [9.17, 15) is 13.2 Å². The molecule has 0 N–H and O–H groups in total. The van der Waals surface area contributed by atoms with Gasteiger partial charge in [-0.3, -0.25) is 0 Å². The van der Waals surface area contributed by atoms with E-state index in [1.807, 2.05) is 0 Å². The maximum absolute atomic E-state index is 13.0. The summed E-state index contributed by atoms with van der Waals surface area (Å²) in [5.74, 6) is 0. The first-order valence-corrected chi connectivity index (χ1v) is 8.02. The molecule has 0 aliphatic heterocycles. The van der Waals surface area contributed by atoms with E-state index in [1.165, 1.54) is 0 Å². The van der Waals surface area contributed by atoms with Gasteiger partial charge in [-0.05, 0) is 29.8 Å². The molecule has 0 atom stereocenters. The average molecular weight is 374 g/mol. The van der Waals surface area contributed by atoms with Crippen molar-refractivity contribution in [2.75, 3.05) is 0 Å². The number of aromatic nitrogens is 1. The van der Waals surface area contributed by atoms with Crippen LogP contribution in [0.5, 0.6) is 0 Å². The summed E-state index contributed by atoms with van der Waals surface area (Å²) in [5.41, 5.74) is 1.49. The van der Waals surface area contributed by atoms with Gasteiger partial charge in [0.2, 0.25) is 0 Å². The molecule has 0 saturated carbocycles. The van der Waals surface area contributed by atoms with Crippen LogP contribution in [0.15, 0.2) is 48.5 Å². The monoisotopic (exact) mass is 373 g/mol. The standard InChI is InChI=1S/C16H8Cl2F3NS/c17-11-5-1-9(2-6-11)13-14(10-3-7-12(18)8-4-10)23-15(22-13)16(19,20)21/h1-8H. The second kappa shape index (κ2) is 6.15. The molecule has 3 aromatic rings. The molecule has 118 valence electrons. The maximum Gasteiger partial charge on any atom is 0.443 e. The fourth-order valence-electron chi connectivity index (χ4n) is 2.04. The SMILES string of the molecule is FC(F)(F)c1nc(-c2ccc(Cl)cc2)c(-c2ccc(Cl)cc2)s1. The Labute approximate surface area is 144 Å². The minimum absolute atomic E-state index is 0.279. The molecule has 0 radical (unpaired) electrons. The van der Waals surface area contributed by atoms with Gasteiger partial charge in [-0.1, -0.05) is 47.5 Å². The van der Waals surface area contributed by atoms with E-state index in [4.69, 9.17) is 23.2 Å². The van der Waals surface area contributed by atoms with Crippen LogP contribution >= 0.6 is 34.5 Å². The molecule has 0 amide bonds. The molecule has 1 nitrogen and oxygen atoms in total. The predicted octanol–water partition coefficient (Wildman–Crippen LogP) is 6.80. The van der Waals surface area contributed by atoms with Crippen molar-refractivity contribution in [3.05, 3.63) is 63.6 Å². The molecule has 2 aromatic carbocycles. The number of hydrogen-bond acceptors (Lipinski definition) is 2. The number of alkyl halides is 3. The highest BCUT2D eigenvalue weighted by molar-refractivity contribution is 7.15. The van der Waals surface area contributed by atoms with Crippen LogP contribution in [0.4, 0.5) is 13.2 Å². The predicted molar refractivity (Wildman–Crippen MR) is 88.0 cm³/mol. The highest BCUT2D eigenvalue weighted by Crippen LogP contribution is 2.42. The van der Waals surface area contributed by atoms with Crippen LogP contribution in [0, 0.1) is 0 Å². The fraction of sp³-hybridized carbons (Fsp3) is 0.0625. The second-order valence-electron chi connectivity index (χ2n) is 4.71. The molecular formula is C16H8Cl2F3NS. The van der Waals surface area contributed by atoms with Crippen molar-refractivity contribution >= 4 is 34.5 Å². The Bertz CT molecular complexity index is 761. The van der Waals surface area contributed by atoms with E-state index in [2.05, 4.69) is 4.98 Å². The minimum atomic E-state index is -4.49. The van der Waals surface area contributed by atoms with Crippen molar-refractivity contribution in [1.82, 2.24) is 4.98 Å². The Kier molecular flexibility index (Phi) is 4.36. The molecule has 0 fully saturated rings. The van der Waals surface area contributed by atoms with Gasteiger partial charge in [-0.25, -0.2) is 4.98 Å². The number of halogens is 5. The smallest absolute Gasteiger partial charge is 0.231 e. The zero-order valence-electron chi connectivity index (χ0n) is 11.4. The lowest BCUT2D eigenvalue weighted by molar-refractivity contribution is -0.137. The molecule has 1 heterocycles. The van der Waals surface area contributed by atoms with Gasteiger partial charge >= 0.3 is 6.18 Å². The van der Waals surface area contributed by atoms with E-state index in [1.54, 1.807) is 48.5 Å². The number of rotatable bonds is 2. The summed E-state index contributed by atoms with van der Waals surface area (Å²) in [7, 11) is 0. The lowest BCUT2D eigenvalue weighted by Crippen LogP contribution is -2.03. The number of benzene rings is 2. The van der Waals surface area contributed by atoms with Gasteiger partial charge in [0.1, 0.15) is 0 Å². The van der Waals surface area contributed by atoms with Crippen molar-refractivity contribution < 1.29 is 13.2 Å². The van der Waals surface area contributed by atoms with E-state index >= 15 is 0 Å². The first kappa shape index (κ1) is 16.3. The average Bonchev–Trinajstić information content (AvgIpc) is 2.94. The van der Waals surface area contributed by atoms with E-state index in [0.29, 0.717) is 37.4 Å². The summed E-state index contributed by atoms with van der Waals surface area (Å²) in [6, 6.07) is 13.2. The summed E-state index contributed by atoms with van der Waals surface area (Å²) < 4.78 is 39.1. The largest absolute Gasteiger partial charge is 0.443 e. The van der Waals surface area contributed by atoms with Crippen LogP contribution in [0.2, 0.25) is 10.0 Å². The molecule has 3 rings (SSSR count). The summed E-state index contributed by atoms with van der Waals surface area (Å²) in [6.07, 6.45) is -4.49. The Morgan fingerprint density at radius 3 is 1.74 bits per heavy atom. The Balaban J connectivity index is 2.18. The van der Waals surface area contributed by atoms with Crippen LogP contribution in [-0.4, -0.2) is 4.98 Å². The Hall–Kier alpha value is -1.56. The van der Waals surface area contributed by atoms with Crippen LogP contribution in [0.3, 0.4) is 0 Å². The normalized spacial score (nSPS) is 11.7. The third-order valence-electron chi connectivity index (χ3n) is 3.09. The molecule has 0 bridgehead atoms. The lowest BCUT2D eigenvalue weighted by Gasteiger charge is -2.03. The van der Waals surface area contributed by atoms with Crippen molar-refractivity contribution in [3.8, 4) is 21.7 Å². The maximum atomic E-state index is 13.0. The fourth-order valence-corrected chi connectivity index (χ4v) is 3.25. The lowest BCUT2D eigenvalue weighted by atomic mass is 10.1. The molecule has 1 aromatic heterocycles. The molecule has 7 heteroatoms. The number of nitrogens with zero attached hydrogens (tertiary/aromatic N) is 1. The number of thiazole rings is 1. The topological polar surface area (TPSA) is 12.9 Å². The van der Waals surface area contributed by atoms with Gasteiger partial charge in [0.25, 0.3) is 0 Å². The molecule has 0 saturated heterocycles. The van der Waals surface area contributed by atoms with E-state index < -0.39 is 11.2 Å². The van der Waals surface area contributed by atoms with Crippen LogP contribution in [0.25, 0.3) is 21.7 Å². The second-order valence-corrected chi connectivity index (χ2v) is 6.58. The third kappa shape index (κ3) is 3.52. The zero-order chi connectivity index (χ0) is 16.6. The van der Waals surface area contributed by atoms with Gasteiger partial charge in [0, 0.05) is 15.6 Å². The molecule has 0 unspecified atom stereocenters. The molecule has 23 heavy (non-hydrogen) atoms. The van der Waals surface area contributed by atoms with Gasteiger partial charge in [-0.2, -0.15) is 13.2 Å². The number of hydrogen-bond donors (Lipinski definition) is 0. The van der Waals surface area contributed by atoms with E-state index in [-0.39, 0.29) is 5.69 Å². The van der Waals surface area contributed by atoms with Crippen LogP contribution in [-0.2, 0) is 6.18 Å². The van der Waals surface area contributed by atoms with Gasteiger partial charge < -0.3 is 0 Å². The highest BCUT2D eigenvalue weighted by Gasteiger charge is 2.36. The van der Waals surface area contributed by atoms with Crippen LogP contribution in [0.1, 0.15) is 5.01 Å². The summed E-state index contributed by atoms with van der Waals surface area (Å²) >= 11 is 12.3. The summed E-state index contributed by atoms with van der Waals surface area (Å²) in [5, 5.41) is 0.142. The van der Waals surface area contributed by atoms with Crippen molar-refractivity contribution in [2.24, 2.45) is 0 Å². The van der Waals surface area contributed by atoms with Gasteiger partial charge in [0.15, 0.2) is 5.01 Å². The summed E-state index contributed by atoms with van der Waals surface area (Å²) in [4.78, 5) is 4.24. The van der Waals surface area contributed by atoms with Crippen LogP contribution < -0.4 is 0 Å². The molecule has 0 aliphatic carbocycles. The highest BCUT2D eigenvalue weighted by atomic mass is 35.5. The van der Waals surface area contributed by atoms with Crippen molar-refractivity contribution in [1.29, 1.82) is 0 Å². The molecule has 0 spiro atoms. The first-order chi connectivity index (χ1) is 10.8. The van der Waals surface area contributed by atoms with Gasteiger partial charge in [0.05, 0.1) is 10.6 Å². The minimum Gasteiger partial charge on any atom is -0.231 e. The van der Waals surface area contributed by atoms with Crippen molar-refractivity contribution in [2.45, 2.75) is 6.18 Å².